The SMILES string of the molecule is c1ccc2[nH]cnc2c1.c1ncncn1. The molecule has 74 valence electrons. The number of nitrogens with zero attached hydrogens (tertiary/aromatic N) is 4. The summed E-state index contributed by atoms with van der Waals surface area (Å²) in [6.07, 6.45) is 6.01. The molecule has 3 rings (SSSR count). The van der Waals surface area contributed by atoms with E-state index in [1.54, 1.807) is 6.33 Å². The van der Waals surface area contributed by atoms with Gasteiger partial charge in [0.05, 0.1) is 17.4 Å². The Morgan fingerprint density at radius 1 is 0.867 bits per heavy atom. The summed E-state index contributed by atoms with van der Waals surface area (Å²) in [5.74, 6) is 0. The van der Waals surface area contributed by atoms with Crippen molar-refractivity contribution in [2.24, 2.45) is 0 Å². The second-order valence-electron chi connectivity index (χ2n) is 2.71. The minimum Gasteiger partial charge on any atom is -0.345 e. The lowest BCUT2D eigenvalue weighted by molar-refractivity contribution is 1.05. The topological polar surface area (TPSA) is 67.3 Å². The first-order valence-electron chi connectivity index (χ1n) is 4.40. The van der Waals surface area contributed by atoms with E-state index in [0.717, 1.165) is 11.0 Å². The van der Waals surface area contributed by atoms with Crippen LogP contribution in [-0.2, 0) is 0 Å². The third-order valence-corrected chi connectivity index (χ3v) is 1.73. The summed E-state index contributed by atoms with van der Waals surface area (Å²) >= 11 is 0. The molecule has 0 spiro atoms. The monoisotopic (exact) mass is 199 g/mol. The van der Waals surface area contributed by atoms with E-state index in [1.807, 2.05) is 24.3 Å². The van der Waals surface area contributed by atoms with Gasteiger partial charge in [0, 0.05) is 0 Å². The molecular weight excluding hydrogens is 190 g/mol. The number of hydrogen-bond donors (Lipinski definition) is 1. The molecule has 0 amide bonds. The summed E-state index contributed by atoms with van der Waals surface area (Å²) in [7, 11) is 0. The predicted molar refractivity (Wildman–Crippen MR) is 55.9 cm³/mol. The molecule has 2 aromatic heterocycles. The van der Waals surface area contributed by atoms with Crippen LogP contribution < -0.4 is 0 Å². The van der Waals surface area contributed by atoms with Crippen LogP contribution in [0.3, 0.4) is 0 Å². The third-order valence-electron chi connectivity index (χ3n) is 1.73. The smallest absolute Gasteiger partial charge is 0.119 e. The maximum absolute atomic E-state index is 4.06. The maximum atomic E-state index is 4.06. The summed E-state index contributed by atoms with van der Waals surface area (Å²) in [4.78, 5) is 17.8. The fraction of sp³-hybridized carbons (Fsp3) is 0. The Morgan fingerprint density at radius 2 is 1.53 bits per heavy atom. The molecule has 0 saturated heterocycles. The third kappa shape index (κ3) is 2.57. The molecule has 1 aromatic carbocycles. The van der Waals surface area contributed by atoms with Crippen LogP contribution in [0.1, 0.15) is 0 Å². The summed E-state index contributed by atoms with van der Waals surface area (Å²) in [6, 6.07) is 7.94. The van der Waals surface area contributed by atoms with Gasteiger partial charge in [-0.05, 0) is 12.1 Å². The van der Waals surface area contributed by atoms with E-state index in [1.165, 1.54) is 19.0 Å². The molecule has 15 heavy (non-hydrogen) atoms. The molecule has 0 aliphatic heterocycles. The Kier molecular flexibility index (Phi) is 2.97. The van der Waals surface area contributed by atoms with E-state index in [2.05, 4.69) is 24.9 Å². The van der Waals surface area contributed by atoms with Gasteiger partial charge >= 0.3 is 0 Å². The molecule has 0 aliphatic rings. The van der Waals surface area contributed by atoms with Gasteiger partial charge in [0.25, 0.3) is 0 Å². The lowest BCUT2D eigenvalue weighted by Crippen LogP contribution is -1.73. The van der Waals surface area contributed by atoms with Crippen LogP contribution in [0.15, 0.2) is 49.6 Å². The molecule has 0 bridgehead atoms. The fourth-order valence-electron chi connectivity index (χ4n) is 1.08. The van der Waals surface area contributed by atoms with E-state index in [9.17, 15) is 0 Å². The van der Waals surface area contributed by atoms with Crippen LogP contribution >= 0.6 is 0 Å². The first kappa shape index (κ1) is 9.26. The van der Waals surface area contributed by atoms with Crippen molar-refractivity contribution in [2.45, 2.75) is 0 Å². The normalized spacial score (nSPS) is 9.33. The molecule has 0 radical (unpaired) electrons. The van der Waals surface area contributed by atoms with Crippen LogP contribution in [0, 0.1) is 0 Å². The van der Waals surface area contributed by atoms with Crippen LogP contribution in [0.2, 0.25) is 0 Å². The zero-order valence-corrected chi connectivity index (χ0v) is 7.91. The highest BCUT2D eigenvalue weighted by Crippen LogP contribution is 2.05. The van der Waals surface area contributed by atoms with Gasteiger partial charge in [-0.15, -0.1) is 0 Å². The summed E-state index contributed by atoms with van der Waals surface area (Å²) < 4.78 is 0. The van der Waals surface area contributed by atoms with Gasteiger partial charge in [-0.1, -0.05) is 12.1 Å². The number of fused-ring (bicyclic) bond motifs is 1. The van der Waals surface area contributed by atoms with E-state index in [4.69, 9.17) is 0 Å². The highest BCUT2D eigenvalue weighted by atomic mass is 14.9. The Labute approximate surface area is 86.3 Å². The first-order chi connectivity index (χ1) is 7.47. The van der Waals surface area contributed by atoms with Crippen LogP contribution in [-0.4, -0.2) is 24.9 Å². The highest BCUT2D eigenvalue weighted by Gasteiger charge is 1.88. The number of imidazole rings is 1. The van der Waals surface area contributed by atoms with E-state index >= 15 is 0 Å². The predicted octanol–water partition coefficient (Wildman–Crippen LogP) is 1.43. The molecule has 2 heterocycles. The number of para-hydroxylation sites is 2. The van der Waals surface area contributed by atoms with Crippen molar-refractivity contribution in [3.8, 4) is 0 Å². The number of benzene rings is 1. The summed E-state index contributed by atoms with van der Waals surface area (Å²) in [5.41, 5.74) is 2.12. The molecule has 5 heteroatoms. The van der Waals surface area contributed by atoms with Crippen LogP contribution in [0.25, 0.3) is 11.0 Å². The van der Waals surface area contributed by atoms with Crippen LogP contribution in [0.4, 0.5) is 0 Å². The highest BCUT2D eigenvalue weighted by molar-refractivity contribution is 5.73. The molecule has 0 fully saturated rings. The van der Waals surface area contributed by atoms with Crippen molar-refractivity contribution in [3.05, 3.63) is 49.6 Å². The van der Waals surface area contributed by atoms with Gasteiger partial charge in [0.1, 0.15) is 19.0 Å². The number of aromatic nitrogens is 5. The summed E-state index contributed by atoms with van der Waals surface area (Å²) in [6.45, 7) is 0. The minimum atomic E-state index is 1.03. The Hall–Kier alpha value is -2.30. The number of H-pyrrole nitrogens is 1. The molecule has 0 saturated carbocycles. The molecule has 1 N–H and O–H groups in total. The molecular formula is C10H9N5. The fourth-order valence-corrected chi connectivity index (χ4v) is 1.08. The zero-order valence-electron chi connectivity index (χ0n) is 7.91. The zero-order chi connectivity index (χ0) is 10.3. The Balaban J connectivity index is 0.000000124. The molecule has 3 aromatic rings. The number of nitrogens with one attached hydrogen (secondary N) is 1. The second kappa shape index (κ2) is 4.80. The average molecular weight is 199 g/mol. The van der Waals surface area contributed by atoms with Gasteiger partial charge in [0.2, 0.25) is 0 Å². The minimum absolute atomic E-state index is 1.03. The first-order valence-corrected chi connectivity index (χ1v) is 4.40. The van der Waals surface area contributed by atoms with Crippen molar-refractivity contribution in [2.75, 3.05) is 0 Å². The largest absolute Gasteiger partial charge is 0.345 e. The lowest BCUT2D eigenvalue weighted by Gasteiger charge is -1.81. The van der Waals surface area contributed by atoms with Crippen molar-refractivity contribution in [1.29, 1.82) is 0 Å². The number of aromatic amines is 1. The molecule has 5 nitrogen and oxygen atoms in total. The lowest BCUT2D eigenvalue weighted by atomic mass is 10.3. The van der Waals surface area contributed by atoms with Gasteiger partial charge in [-0.25, -0.2) is 19.9 Å². The van der Waals surface area contributed by atoms with Crippen molar-refractivity contribution in [3.63, 3.8) is 0 Å². The van der Waals surface area contributed by atoms with Gasteiger partial charge in [0.15, 0.2) is 0 Å². The quantitative estimate of drug-likeness (QED) is 0.594. The van der Waals surface area contributed by atoms with Gasteiger partial charge < -0.3 is 4.98 Å². The van der Waals surface area contributed by atoms with Crippen LogP contribution in [0.5, 0.6) is 0 Å². The Bertz CT molecular complexity index is 448. The average Bonchev–Trinajstić information content (AvgIpc) is 2.80. The molecule has 0 unspecified atom stereocenters. The number of hydrogen-bond acceptors (Lipinski definition) is 4. The molecule has 0 atom stereocenters. The second-order valence-corrected chi connectivity index (χ2v) is 2.71. The van der Waals surface area contributed by atoms with E-state index in [0.29, 0.717) is 0 Å². The van der Waals surface area contributed by atoms with Gasteiger partial charge in [-0.2, -0.15) is 0 Å². The van der Waals surface area contributed by atoms with Crippen molar-refractivity contribution < 1.29 is 0 Å². The molecule has 0 aliphatic carbocycles. The van der Waals surface area contributed by atoms with E-state index in [-0.39, 0.29) is 0 Å². The number of rotatable bonds is 0. The van der Waals surface area contributed by atoms with E-state index < -0.39 is 0 Å². The maximum Gasteiger partial charge on any atom is 0.119 e. The van der Waals surface area contributed by atoms with Gasteiger partial charge in [-0.3, -0.25) is 0 Å². The van der Waals surface area contributed by atoms with Crippen molar-refractivity contribution >= 4 is 11.0 Å². The summed E-state index contributed by atoms with van der Waals surface area (Å²) in [5, 5.41) is 0. The standard InChI is InChI=1S/C7H6N2.C3H3N3/c1-2-4-7-6(3-1)8-5-9-7;1-4-2-6-3-5-1/h1-5H,(H,8,9);1-3H. The Morgan fingerprint density at radius 3 is 2.13 bits per heavy atom. The van der Waals surface area contributed by atoms with Crippen molar-refractivity contribution in [1.82, 2.24) is 24.9 Å².